The number of aryl methyl sites for hydroxylation is 1. The van der Waals surface area contributed by atoms with E-state index in [1.807, 2.05) is 31.3 Å². The van der Waals surface area contributed by atoms with Crippen LogP contribution in [0.25, 0.3) is 0 Å². The molecular weight excluding hydrogens is 224 g/mol. The van der Waals surface area contributed by atoms with Crippen molar-refractivity contribution < 1.29 is 4.79 Å². The summed E-state index contributed by atoms with van der Waals surface area (Å²) >= 11 is 0. The third-order valence-corrected chi connectivity index (χ3v) is 3.95. The van der Waals surface area contributed by atoms with Crippen LogP contribution in [-0.2, 0) is 4.79 Å². The Hall–Kier alpha value is -1.35. The van der Waals surface area contributed by atoms with Crippen LogP contribution in [0.3, 0.4) is 0 Å². The van der Waals surface area contributed by atoms with E-state index in [0.29, 0.717) is 0 Å². The predicted octanol–water partition coefficient (Wildman–Crippen LogP) is 2.35. The van der Waals surface area contributed by atoms with Crippen molar-refractivity contribution in [2.75, 3.05) is 25.0 Å². The molecule has 1 aliphatic rings. The average molecular weight is 246 g/mol. The van der Waals surface area contributed by atoms with Gasteiger partial charge >= 0.3 is 0 Å². The molecule has 2 rings (SSSR count). The first-order valence-corrected chi connectivity index (χ1v) is 6.58. The summed E-state index contributed by atoms with van der Waals surface area (Å²) in [6, 6.07) is 8.11. The molecule has 98 valence electrons. The fourth-order valence-electron chi connectivity index (χ4n) is 2.48. The van der Waals surface area contributed by atoms with Gasteiger partial charge in [0.05, 0.1) is 0 Å². The van der Waals surface area contributed by atoms with Gasteiger partial charge in [0.1, 0.15) is 0 Å². The maximum atomic E-state index is 12.6. The Balaban J connectivity index is 2.15. The van der Waals surface area contributed by atoms with Gasteiger partial charge in [-0.15, -0.1) is 0 Å². The minimum atomic E-state index is -0.217. The Bertz CT molecular complexity index is 419. The zero-order valence-electron chi connectivity index (χ0n) is 11.5. The van der Waals surface area contributed by atoms with Crippen molar-refractivity contribution >= 4 is 11.6 Å². The Morgan fingerprint density at radius 1 is 1.22 bits per heavy atom. The monoisotopic (exact) mass is 246 g/mol. The maximum absolute atomic E-state index is 12.6. The number of nitrogens with one attached hydrogen (secondary N) is 1. The fraction of sp³-hybridized carbons (Fsp3) is 0.533. The zero-order chi connectivity index (χ0) is 13.2. The van der Waals surface area contributed by atoms with E-state index >= 15 is 0 Å². The minimum Gasteiger partial charge on any atom is -0.317 e. The predicted molar refractivity (Wildman–Crippen MR) is 74.8 cm³/mol. The van der Waals surface area contributed by atoms with E-state index < -0.39 is 0 Å². The highest BCUT2D eigenvalue weighted by molar-refractivity contribution is 5.97. The van der Waals surface area contributed by atoms with Gasteiger partial charge in [0.15, 0.2) is 0 Å². The smallest absolute Gasteiger partial charge is 0.232 e. The second kappa shape index (κ2) is 5.11. The highest BCUT2D eigenvalue weighted by Gasteiger charge is 2.36. The lowest BCUT2D eigenvalue weighted by molar-refractivity contribution is -0.128. The molecule has 0 atom stereocenters. The second-order valence-corrected chi connectivity index (χ2v) is 5.51. The van der Waals surface area contributed by atoms with Gasteiger partial charge in [-0.2, -0.15) is 0 Å². The molecule has 0 aliphatic carbocycles. The first kappa shape index (κ1) is 13.1. The van der Waals surface area contributed by atoms with E-state index in [1.54, 1.807) is 4.90 Å². The summed E-state index contributed by atoms with van der Waals surface area (Å²) < 4.78 is 0. The van der Waals surface area contributed by atoms with Crippen LogP contribution in [0, 0.1) is 12.3 Å². The van der Waals surface area contributed by atoms with Crippen LogP contribution in [-0.4, -0.2) is 26.0 Å². The molecule has 1 aliphatic heterocycles. The Morgan fingerprint density at radius 3 is 2.33 bits per heavy atom. The van der Waals surface area contributed by atoms with Crippen LogP contribution >= 0.6 is 0 Å². The van der Waals surface area contributed by atoms with Gasteiger partial charge in [0.25, 0.3) is 0 Å². The Kier molecular flexibility index (Phi) is 3.71. The molecule has 18 heavy (non-hydrogen) atoms. The van der Waals surface area contributed by atoms with Crippen LogP contribution in [0.2, 0.25) is 0 Å². The molecule has 1 amide bonds. The summed E-state index contributed by atoms with van der Waals surface area (Å²) in [5.41, 5.74) is 1.98. The molecule has 0 saturated carbocycles. The van der Waals surface area contributed by atoms with Crippen molar-refractivity contribution in [2.45, 2.75) is 26.7 Å². The topological polar surface area (TPSA) is 32.3 Å². The molecule has 0 bridgehead atoms. The largest absolute Gasteiger partial charge is 0.317 e. The van der Waals surface area contributed by atoms with Crippen molar-refractivity contribution in [1.29, 1.82) is 0 Å². The second-order valence-electron chi connectivity index (χ2n) is 5.51. The van der Waals surface area contributed by atoms with E-state index in [1.165, 1.54) is 5.56 Å². The quantitative estimate of drug-likeness (QED) is 0.868. The highest BCUT2D eigenvalue weighted by atomic mass is 16.2. The molecular formula is C15H22N2O. The maximum Gasteiger partial charge on any atom is 0.232 e. The molecule has 1 aromatic rings. The van der Waals surface area contributed by atoms with E-state index in [4.69, 9.17) is 0 Å². The molecule has 1 saturated heterocycles. The molecule has 1 fully saturated rings. The SMILES string of the molecule is Cc1ccc(N(C)C(=O)C2(C)CCNCC2)cc1. The fourth-order valence-corrected chi connectivity index (χ4v) is 2.48. The summed E-state index contributed by atoms with van der Waals surface area (Å²) in [5, 5.41) is 3.31. The number of benzene rings is 1. The summed E-state index contributed by atoms with van der Waals surface area (Å²) in [6.45, 7) is 6.01. The lowest BCUT2D eigenvalue weighted by Crippen LogP contribution is -2.46. The van der Waals surface area contributed by atoms with Gasteiger partial charge in [-0.25, -0.2) is 0 Å². The molecule has 3 nitrogen and oxygen atoms in total. The van der Waals surface area contributed by atoms with Gasteiger partial charge in [0.2, 0.25) is 5.91 Å². The van der Waals surface area contributed by atoms with Crippen molar-refractivity contribution in [3.05, 3.63) is 29.8 Å². The van der Waals surface area contributed by atoms with Crippen molar-refractivity contribution in [2.24, 2.45) is 5.41 Å². The highest BCUT2D eigenvalue weighted by Crippen LogP contribution is 2.31. The number of hydrogen-bond donors (Lipinski definition) is 1. The molecule has 0 aromatic heterocycles. The van der Waals surface area contributed by atoms with Crippen LogP contribution in [0.4, 0.5) is 5.69 Å². The van der Waals surface area contributed by atoms with E-state index in [-0.39, 0.29) is 11.3 Å². The summed E-state index contributed by atoms with van der Waals surface area (Å²) in [4.78, 5) is 14.4. The van der Waals surface area contributed by atoms with Gasteiger partial charge in [-0.05, 0) is 45.0 Å². The number of amides is 1. The van der Waals surface area contributed by atoms with Crippen LogP contribution in [0.5, 0.6) is 0 Å². The molecule has 1 aromatic carbocycles. The number of carbonyl (C=O) groups excluding carboxylic acids is 1. The van der Waals surface area contributed by atoms with Crippen molar-refractivity contribution in [3.8, 4) is 0 Å². The number of anilines is 1. The average Bonchev–Trinajstić information content (AvgIpc) is 2.39. The molecule has 1 heterocycles. The van der Waals surface area contributed by atoms with Crippen molar-refractivity contribution in [1.82, 2.24) is 5.32 Å². The first-order valence-electron chi connectivity index (χ1n) is 6.58. The summed E-state index contributed by atoms with van der Waals surface area (Å²) in [6.07, 6.45) is 1.84. The van der Waals surface area contributed by atoms with Crippen LogP contribution in [0.15, 0.2) is 24.3 Å². The van der Waals surface area contributed by atoms with Gasteiger partial charge in [-0.1, -0.05) is 24.6 Å². The molecule has 0 spiro atoms. The number of rotatable bonds is 2. The van der Waals surface area contributed by atoms with Gasteiger partial charge < -0.3 is 10.2 Å². The van der Waals surface area contributed by atoms with Gasteiger partial charge in [-0.3, -0.25) is 4.79 Å². The Morgan fingerprint density at radius 2 is 1.78 bits per heavy atom. The third kappa shape index (κ3) is 2.56. The van der Waals surface area contributed by atoms with Crippen LogP contribution < -0.4 is 10.2 Å². The summed E-state index contributed by atoms with van der Waals surface area (Å²) in [5.74, 6) is 0.229. The first-order chi connectivity index (χ1) is 8.53. The number of piperidine rings is 1. The summed E-state index contributed by atoms with van der Waals surface area (Å²) in [7, 11) is 1.88. The number of carbonyl (C=O) groups is 1. The molecule has 0 unspecified atom stereocenters. The normalized spacial score (nSPS) is 18.4. The van der Waals surface area contributed by atoms with E-state index in [0.717, 1.165) is 31.6 Å². The lowest BCUT2D eigenvalue weighted by Gasteiger charge is -2.36. The molecule has 3 heteroatoms. The standard InChI is InChI=1S/C15H22N2O/c1-12-4-6-13(7-5-12)17(3)14(18)15(2)8-10-16-11-9-15/h4-7,16H,8-11H2,1-3H3. The third-order valence-electron chi connectivity index (χ3n) is 3.95. The lowest BCUT2D eigenvalue weighted by atomic mass is 9.79. The number of nitrogens with zero attached hydrogens (tertiary/aromatic N) is 1. The van der Waals surface area contributed by atoms with Crippen LogP contribution in [0.1, 0.15) is 25.3 Å². The Labute approximate surface area is 109 Å². The van der Waals surface area contributed by atoms with Gasteiger partial charge in [0, 0.05) is 18.2 Å². The van der Waals surface area contributed by atoms with Crippen molar-refractivity contribution in [3.63, 3.8) is 0 Å². The minimum absolute atomic E-state index is 0.217. The van der Waals surface area contributed by atoms with E-state index in [9.17, 15) is 4.79 Å². The zero-order valence-corrected chi connectivity index (χ0v) is 11.5. The molecule has 1 N–H and O–H groups in total. The van der Waals surface area contributed by atoms with E-state index in [2.05, 4.69) is 19.2 Å². The molecule has 0 radical (unpaired) electrons. The number of hydrogen-bond acceptors (Lipinski definition) is 2.